The van der Waals surface area contributed by atoms with Crippen LogP contribution in [0.15, 0.2) is 118 Å². The number of hydrogen-bond donors (Lipinski definition) is 1. The molecule has 4 aromatic carbocycles. The predicted molar refractivity (Wildman–Crippen MR) is 156 cm³/mol. The van der Waals surface area contributed by atoms with E-state index in [1.807, 2.05) is 54.6 Å². The lowest BCUT2D eigenvalue weighted by Gasteiger charge is -2.37. The van der Waals surface area contributed by atoms with Crippen LogP contribution in [0.25, 0.3) is 22.1 Å². The van der Waals surface area contributed by atoms with Gasteiger partial charge in [-0.2, -0.15) is 0 Å². The van der Waals surface area contributed by atoms with Gasteiger partial charge in [-0.1, -0.05) is 84.9 Å². The summed E-state index contributed by atoms with van der Waals surface area (Å²) in [5.41, 5.74) is 4.75. The minimum Gasteiger partial charge on any atom is -0.422 e. The van der Waals surface area contributed by atoms with E-state index >= 15 is 0 Å². The molecule has 0 radical (unpaired) electrons. The monoisotopic (exact) mass is 515 g/mol. The van der Waals surface area contributed by atoms with Gasteiger partial charge in [-0.15, -0.1) is 0 Å². The number of nitrogens with zero attached hydrogens (tertiary/aromatic N) is 2. The Morgan fingerprint density at radius 3 is 2.21 bits per heavy atom. The Bertz CT molecular complexity index is 1660. The van der Waals surface area contributed by atoms with Gasteiger partial charge in [0.05, 0.1) is 11.4 Å². The number of fused-ring (bicyclic) bond motifs is 1. The molecule has 1 fully saturated rings. The molecule has 6 heteroatoms. The molecule has 2 heterocycles. The number of nitrogens with one attached hydrogen (secondary N) is 1. The fourth-order valence-corrected chi connectivity index (χ4v) is 5.12. The molecule has 1 amide bonds. The lowest BCUT2D eigenvalue weighted by atomic mass is 10.0. The van der Waals surface area contributed by atoms with E-state index in [0.29, 0.717) is 16.7 Å². The fourth-order valence-electron chi connectivity index (χ4n) is 5.12. The van der Waals surface area contributed by atoms with Gasteiger partial charge in [-0.25, -0.2) is 4.79 Å². The topological polar surface area (TPSA) is 65.8 Å². The predicted octanol–water partition coefficient (Wildman–Crippen LogP) is 6.03. The first-order chi connectivity index (χ1) is 19.1. The van der Waals surface area contributed by atoms with Crippen LogP contribution in [0.5, 0.6) is 0 Å². The van der Waals surface area contributed by atoms with Crippen molar-refractivity contribution in [2.24, 2.45) is 0 Å². The molecule has 6 nitrogen and oxygen atoms in total. The van der Waals surface area contributed by atoms with Crippen LogP contribution in [0, 0.1) is 0 Å². The maximum Gasteiger partial charge on any atom is 0.349 e. The van der Waals surface area contributed by atoms with Gasteiger partial charge >= 0.3 is 5.63 Å². The molecule has 6 rings (SSSR count). The average Bonchev–Trinajstić information content (AvgIpc) is 2.98. The number of carbonyl (C=O) groups is 1. The van der Waals surface area contributed by atoms with Crippen molar-refractivity contribution >= 4 is 28.3 Å². The Morgan fingerprint density at radius 2 is 1.44 bits per heavy atom. The Balaban J connectivity index is 1.28. The van der Waals surface area contributed by atoms with Gasteiger partial charge in [0.1, 0.15) is 11.1 Å². The normalized spacial score (nSPS) is 13.9. The van der Waals surface area contributed by atoms with Crippen molar-refractivity contribution in [3.05, 3.63) is 131 Å². The average molecular weight is 516 g/mol. The molecule has 1 aliphatic rings. The van der Waals surface area contributed by atoms with Crippen LogP contribution >= 0.6 is 0 Å². The number of anilines is 2. The second-order valence-electron chi connectivity index (χ2n) is 9.79. The Kier molecular flexibility index (Phi) is 6.93. The van der Waals surface area contributed by atoms with Crippen LogP contribution < -0.4 is 15.8 Å². The lowest BCUT2D eigenvalue weighted by molar-refractivity contribution is 0.102. The molecule has 0 unspecified atom stereocenters. The van der Waals surface area contributed by atoms with E-state index in [0.717, 1.165) is 49.5 Å². The second-order valence-corrected chi connectivity index (χ2v) is 9.79. The molecule has 5 aromatic rings. The summed E-state index contributed by atoms with van der Waals surface area (Å²) in [6, 6.07) is 35.5. The quantitative estimate of drug-likeness (QED) is 0.280. The van der Waals surface area contributed by atoms with Gasteiger partial charge in [0, 0.05) is 38.1 Å². The molecule has 0 saturated carbocycles. The van der Waals surface area contributed by atoms with Crippen molar-refractivity contribution < 1.29 is 9.21 Å². The molecule has 0 aliphatic carbocycles. The minimum absolute atomic E-state index is 0.0163. The number of hydrogen-bond acceptors (Lipinski definition) is 5. The maximum absolute atomic E-state index is 13.4. The van der Waals surface area contributed by atoms with E-state index < -0.39 is 11.5 Å². The molecule has 0 spiro atoms. The smallest absolute Gasteiger partial charge is 0.349 e. The third-order valence-electron chi connectivity index (χ3n) is 7.20. The van der Waals surface area contributed by atoms with Gasteiger partial charge in [-0.05, 0) is 41.0 Å². The van der Waals surface area contributed by atoms with E-state index in [1.165, 1.54) is 5.56 Å². The van der Waals surface area contributed by atoms with Crippen LogP contribution in [-0.4, -0.2) is 37.0 Å². The van der Waals surface area contributed by atoms with E-state index in [1.54, 1.807) is 18.2 Å². The molecule has 1 N–H and O–H groups in total. The van der Waals surface area contributed by atoms with Gasteiger partial charge in [0.2, 0.25) is 0 Å². The van der Waals surface area contributed by atoms with Gasteiger partial charge < -0.3 is 14.6 Å². The first-order valence-corrected chi connectivity index (χ1v) is 13.2. The standard InChI is InChI=1S/C33H29N3O3/c37-32(28-21-27-13-7-8-14-31(27)39-33(28)38)34-29-22-26(25-11-5-2-6-12-25)15-16-30(29)36-19-17-35(18-20-36)23-24-9-3-1-4-10-24/h1-16,21-22H,17-20,23H2,(H,34,37). The highest BCUT2D eigenvalue weighted by molar-refractivity contribution is 6.07. The summed E-state index contributed by atoms with van der Waals surface area (Å²) >= 11 is 0. The third-order valence-corrected chi connectivity index (χ3v) is 7.20. The maximum atomic E-state index is 13.4. The van der Waals surface area contributed by atoms with Gasteiger partial charge in [0.15, 0.2) is 0 Å². The molecular formula is C33H29N3O3. The summed E-state index contributed by atoms with van der Waals surface area (Å²) in [4.78, 5) is 30.8. The van der Waals surface area contributed by atoms with E-state index in [4.69, 9.17) is 4.42 Å². The molecule has 39 heavy (non-hydrogen) atoms. The van der Waals surface area contributed by atoms with Crippen LogP contribution in [0.2, 0.25) is 0 Å². The highest BCUT2D eigenvalue weighted by atomic mass is 16.4. The fraction of sp³-hybridized carbons (Fsp3) is 0.152. The number of piperazine rings is 1. The zero-order chi connectivity index (χ0) is 26.6. The minimum atomic E-state index is -0.651. The molecular weight excluding hydrogens is 486 g/mol. The molecule has 194 valence electrons. The van der Waals surface area contributed by atoms with Crippen molar-refractivity contribution in [2.75, 3.05) is 36.4 Å². The van der Waals surface area contributed by atoms with Crippen LogP contribution in [0.1, 0.15) is 15.9 Å². The highest BCUT2D eigenvalue weighted by Gasteiger charge is 2.22. The number of benzene rings is 4. The summed E-state index contributed by atoms with van der Waals surface area (Å²) in [5, 5.41) is 3.74. The Labute approximate surface area is 227 Å². The Hall–Kier alpha value is -4.68. The largest absolute Gasteiger partial charge is 0.422 e. The van der Waals surface area contributed by atoms with Crippen molar-refractivity contribution in [2.45, 2.75) is 6.54 Å². The number of carbonyl (C=O) groups excluding carboxylic acids is 1. The van der Waals surface area contributed by atoms with Crippen LogP contribution in [0.4, 0.5) is 11.4 Å². The van der Waals surface area contributed by atoms with E-state index in [9.17, 15) is 9.59 Å². The number of amides is 1. The lowest BCUT2D eigenvalue weighted by Crippen LogP contribution is -2.46. The number of rotatable bonds is 6. The second kappa shape index (κ2) is 11.0. The first-order valence-electron chi connectivity index (χ1n) is 13.2. The SMILES string of the molecule is O=C(Nc1cc(-c2ccccc2)ccc1N1CCN(Cc2ccccc2)CC1)c1cc2ccccc2oc1=O. The third kappa shape index (κ3) is 5.47. The zero-order valence-corrected chi connectivity index (χ0v) is 21.5. The van der Waals surface area contributed by atoms with Crippen molar-refractivity contribution in [3.8, 4) is 11.1 Å². The van der Waals surface area contributed by atoms with Crippen LogP contribution in [0.3, 0.4) is 0 Å². The first kappa shape index (κ1) is 24.6. The number of para-hydroxylation sites is 1. The van der Waals surface area contributed by atoms with Crippen LogP contribution in [-0.2, 0) is 6.54 Å². The van der Waals surface area contributed by atoms with Crippen molar-refractivity contribution in [3.63, 3.8) is 0 Å². The summed E-state index contributed by atoms with van der Waals surface area (Å²) < 4.78 is 5.42. The van der Waals surface area contributed by atoms with Crippen molar-refractivity contribution in [1.82, 2.24) is 4.90 Å². The Morgan fingerprint density at radius 1 is 0.744 bits per heavy atom. The van der Waals surface area contributed by atoms with E-state index in [2.05, 4.69) is 51.5 Å². The summed E-state index contributed by atoms with van der Waals surface area (Å²) in [6.07, 6.45) is 0. The molecule has 0 bridgehead atoms. The van der Waals surface area contributed by atoms with Gasteiger partial charge in [0.25, 0.3) is 5.91 Å². The van der Waals surface area contributed by atoms with E-state index in [-0.39, 0.29) is 5.56 Å². The summed E-state index contributed by atoms with van der Waals surface area (Å²) in [5.74, 6) is -0.483. The summed E-state index contributed by atoms with van der Waals surface area (Å²) in [7, 11) is 0. The molecule has 0 atom stereocenters. The molecule has 1 aliphatic heterocycles. The highest BCUT2D eigenvalue weighted by Crippen LogP contribution is 2.33. The summed E-state index contributed by atoms with van der Waals surface area (Å²) in [6.45, 7) is 4.41. The zero-order valence-electron chi connectivity index (χ0n) is 21.5. The van der Waals surface area contributed by atoms with Gasteiger partial charge in [-0.3, -0.25) is 9.69 Å². The molecule has 1 aromatic heterocycles. The van der Waals surface area contributed by atoms with Crippen molar-refractivity contribution in [1.29, 1.82) is 0 Å². The molecule has 1 saturated heterocycles.